The molecule has 0 bridgehead atoms. The monoisotopic (exact) mass is 251 g/mol. The Hall–Kier alpha value is -1.42. The van der Waals surface area contributed by atoms with Gasteiger partial charge >= 0.3 is 0 Å². The second-order valence-corrected chi connectivity index (χ2v) is 4.53. The lowest BCUT2D eigenvalue weighted by Crippen LogP contribution is -2.26. The fourth-order valence-electron chi connectivity index (χ4n) is 2.47. The third kappa shape index (κ3) is 2.70. The Kier molecular flexibility index (Phi) is 4.31. The third-order valence-corrected chi connectivity index (χ3v) is 3.37. The van der Waals surface area contributed by atoms with E-state index in [2.05, 4.69) is 5.32 Å². The summed E-state index contributed by atoms with van der Waals surface area (Å²) in [6, 6.07) is 3.80. The largest absolute Gasteiger partial charge is 0.504 e. The molecule has 4 heteroatoms. The van der Waals surface area contributed by atoms with Crippen molar-refractivity contribution < 1.29 is 14.6 Å². The maximum absolute atomic E-state index is 10.0. The summed E-state index contributed by atoms with van der Waals surface area (Å²) in [7, 11) is 1.54. The summed E-state index contributed by atoms with van der Waals surface area (Å²) in [5.74, 6) is 1.71. The fourth-order valence-corrected chi connectivity index (χ4v) is 2.47. The van der Waals surface area contributed by atoms with Gasteiger partial charge in [-0.1, -0.05) is 0 Å². The van der Waals surface area contributed by atoms with Crippen LogP contribution in [0.5, 0.6) is 17.2 Å². The average Bonchev–Trinajstić information content (AvgIpc) is 2.40. The Morgan fingerprint density at radius 1 is 1.33 bits per heavy atom. The molecule has 0 radical (unpaired) electrons. The number of ether oxygens (including phenoxy) is 2. The number of rotatable bonds is 4. The van der Waals surface area contributed by atoms with Gasteiger partial charge < -0.3 is 19.9 Å². The lowest BCUT2D eigenvalue weighted by Gasteiger charge is -2.24. The van der Waals surface area contributed by atoms with Crippen molar-refractivity contribution in [3.05, 3.63) is 17.7 Å². The molecule has 2 rings (SSSR count). The van der Waals surface area contributed by atoms with Gasteiger partial charge in [-0.2, -0.15) is 0 Å². The zero-order valence-electron chi connectivity index (χ0n) is 11.0. The lowest BCUT2D eigenvalue weighted by molar-refractivity contribution is 0.299. The Morgan fingerprint density at radius 2 is 2.06 bits per heavy atom. The summed E-state index contributed by atoms with van der Waals surface area (Å²) in [5, 5.41) is 13.4. The van der Waals surface area contributed by atoms with Gasteiger partial charge in [0.05, 0.1) is 13.7 Å². The van der Waals surface area contributed by atoms with E-state index in [0.29, 0.717) is 24.0 Å². The maximum atomic E-state index is 10.0. The van der Waals surface area contributed by atoms with Gasteiger partial charge in [-0.3, -0.25) is 0 Å². The molecule has 1 aliphatic rings. The van der Waals surface area contributed by atoms with Crippen LogP contribution in [-0.2, 0) is 0 Å². The van der Waals surface area contributed by atoms with E-state index in [4.69, 9.17) is 9.47 Å². The van der Waals surface area contributed by atoms with Crippen molar-refractivity contribution in [3.8, 4) is 17.2 Å². The van der Waals surface area contributed by atoms with E-state index >= 15 is 0 Å². The van der Waals surface area contributed by atoms with Crippen LogP contribution in [0, 0.1) is 0 Å². The molecule has 0 aromatic heterocycles. The van der Waals surface area contributed by atoms with Crippen molar-refractivity contribution in [1.29, 1.82) is 0 Å². The normalized spacial score (nSPS) is 16.6. The standard InChI is InChI=1S/C14H21NO3/c1-3-18-13-9-11(8-12(16)14(13)17-2)10-4-6-15-7-5-10/h8-10,15-16H,3-7H2,1-2H3. The molecule has 1 aromatic carbocycles. The topological polar surface area (TPSA) is 50.7 Å². The highest BCUT2D eigenvalue weighted by molar-refractivity contribution is 5.53. The molecule has 0 saturated carbocycles. The van der Waals surface area contributed by atoms with Gasteiger partial charge in [0, 0.05) is 0 Å². The third-order valence-electron chi connectivity index (χ3n) is 3.37. The van der Waals surface area contributed by atoms with E-state index < -0.39 is 0 Å². The smallest absolute Gasteiger partial charge is 0.203 e. The molecule has 0 unspecified atom stereocenters. The first-order valence-electron chi connectivity index (χ1n) is 6.50. The second kappa shape index (κ2) is 5.96. The van der Waals surface area contributed by atoms with E-state index in [1.807, 2.05) is 13.0 Å². The zero-order chi connectivity index (χ0) is 13.0. The first kappa shape index (κ1) is 13.0. The molecule has 1 fully saturated rings. The molecule has 1 aromatic rings. The molecule has 0 spiro atoms. The Bertz CT molecular complexity index is 400. The van der Waals surface area contributed by atoms with Crippen LogP contribution in [0.25, 0.3) is 0 Å². The zero-order valence-corrected chi connectivity index (χ0v) is 11.0. The van der Waals surface area contributed by atoms with E-state index in [1.165, 1.54) is 0 Å². The molecular weight excluding hydrogens is 230 g/mol. The first-order chi connectivity index (χ1) is 8.76. The summed E-state index contributed by atoms with van der Waals surface area (Å²) < 4.78 is 10.7. The molecule has 18 heavy (non-hydrogen) atoms. The molecule has 1 aliphatic heterocycles. The van der Waals surface area contributed by atoms with Crippen LogP contribution in [0.2, 0.25) is 0 Å². The van der Waals surface area contributed by atoms with Crippen molar-refractivity contribution in [2.24, 2.45) is 0 Å². The Balaban J connectivity index is 2.30. The van der Waals surface area contributed by atoms with Crippen molar-refractivity contribution in [2.75, 3.05) is 26.8 Å². The average molecular weight is 251 g/mol. The van der Waals surface area contributed by atoms with Gasteiger partial charge in [0.15, 0.2) is 11.5 Å². The predicted molar refractivity (Wildman–Crippen MR) is 70.7 cm³/mol. The Morgan fingerprint density at radius 3 is 2.67 bits per heavy atom. The summed E-state index contributed by atoms with van der Waals surface area (Å²) >= 11 is 0. The molecule has 0 atom stereocenters. The second-order valence-electron chi connectivity index (χ2n) is 4.53. The van der Waals surface area contributed by atoms with E-state index in [1.54, 1.807) is 13.2 Å². The highest BCUT2D eigenvalue weighted by atomic mass is 16.5. The van der Waals surface area contributed by atoms with Gasteiger partial charge in [-0.05, 0) is 56.5 Å². The van der Waals surface area contributed by atoms with Gasteiger partial charge in [0.25, 0.3) is 0 Å². The molecule has 4 nitrogen and oxygen atoms in total. The molecule has 0 amide bonds. The summed E-state index contributed by atoms with van der Waals surface area (Å²) in [4.78, 5) is 0. The van der Waals surface area contributed by atoms with Crippen molar-refractivity contribution in [1.82, 2.24) is 5.32 Å². The molecule has 1 heterocycles. The number of benzene rings is 1. The molecule has 0 aliphatic carbocycles. The minimum absolute atomic E-state index is 0.164. The quantitative estimate of drug-likeness (QED) is 0.862. The SMILES string of the molecule is CCOc1cc(C2CCNCC2)cc(O)c1OC. The van der Waals surface area contributed by atoms with Gasteiger partial charge in [-0.25, -0.2) is 0 Å². The number of hydrogen-bond donors (Lipinski definition) is 2. The van der Waals surface area contributed by atoms with E-state index in [-0.39, 0.29) is 5.75 Å². The number of phenols is 1. The van der Waals surface area contributed by atoms with E-state index in [9.17, 15) is 5.11 Å². The van der Waals surface area contributed by atoms with Gasteiger partial charge in [0.1, 0.15) is 0 Å². The van der Waals surface area contributed by atoms with Crippen molar-refractivity contribution in [3.63, 3.8) is 0 Å². The molecule has 100 valence electrons. The van der Waals surface area contributed by atoms with Crippen molar-refractivity contribution in [2.45, 2.75) is 25.7 Å². The number of piperidine rings is 1. The maximum Gasteiger partial charge on any atom is 0.203 e. The summed E-state index contributed by atoms with van der Waals surface area (Å²) in [6.45, 7) is 4.54. The molecule has 2 N–H and O–H groups in total. The summed E-state index contributed by atoms with van der Waals surface area (Å²) in [6.07, 6.45) is 2.19. The number of methoxy groups -OCH3 is 1. The number of nitrogens with one attached hydrogen (secondary N) is 1. The number of hydrogen-bond acceptors (Lipinski definition) is 4. The van der Waals surface area contributed by atoms with Crippen LogP contribution in [0.3, 0.4) is 0 Å². The highest BCUT2D eigenvalue weighted by Gasteiger charge is 2.19. The minimum atomic E-state index is 0.164. The molecular formula is C14H21NO3. The number of phenolic OH excluding ortho intramolecular Hbond substituents is 1. The van der Waals surface area contributed by atoms with Crippen LogP contribution in [0.15, 0.2) is 12.1 Å². The van der Waals surface area contributed by atoms with Crippen LogP contribution in [0.4, 0.5) is 0 Å². The highest BCUT2D eigenvalue weighted by Crippen LogP contribution is 2.41. The van der Waals surface area contributed by atoms with Crippen LogP contribution < -0.4 is 14.8 Å². The Labute approximate surface area is 108 Å². The predicted octanol–water partition coefficient (Wildman–Crippen LogP) is 2.27. The van der Waals surface area contributed by atoms with Crippen molar-refractivity contribution >= 4 is 0 Å². The first-order valence-corrected chi connectivity index (χ1v) is 6.50. The fraction of sp³-hybridized carbons (Fsp3) is 0.571. The van der Waals surface area contributed by atoms with Crippen LogP contribution in [-0.4, -0.2) is 31.9 Å². The van der Waals surface area contributed by atoms with Crippen LogP contribution in [0.1, 0.15) is 31.2 Å². The number of aromatic hydroxyl groups is 1. The van der Waals surface area contributed by atoms with Crippen LogP contribution >= 0.6 is 0 Å². The summed E-state index contributed by atoms with van der Waals surface area (Å²) in [5.41, 5.74) is 1.14. The van der Waals surface area contributed by atoms with E-state index in [0.717, 1.165) is 31.5 Å². The molecule has 1 saturated heterocycles. The van der Waals surface area contributed by atoms with Gasteiger partial charge in [0.2, 0.25) is 5.75 Å². The van der Waals surface area contributed by atoms with Gasteiger partial charge in [-0.15, -0.1) is 0 Å². The minimum Gasteiger partial charge on any atom is -0.504 e. The lowest BCUT2D eigenvalue weighted by atomic mass is 9.90.